The van der Waals surface area contributed by atoms with Crippen molar-refractivity contribution < 1.29 is 13.2 Å². The number of hydrogen-bond donors (Lipinski definition) is 2. The van der Waals surface area contributed by atoms with Gasteiger partial charge in [-0.2, -0.15) is 5.10 Å². The fraction of sp³-hybridized carbons (Fsp3) is 0.100. The molecule has 3 rings (SSSR count). The summed E-state index contributed by atoms with van der Waals surface area (Å²) in [5.74, 6) is -0.518. The molecule has 3 aromatic rings. The normalized spacial score (nSPS) is 11.4. The first-order chi connectivity index (χ1) is 13.9. The van der Waals surface area contributed by atoms with E-state index >= 15 is 0 Å². The molecule has 0 aliphatic carbocycles. The van der Waals surface area contributed by atoms with Crippen LogP contribution in [0.4, 0.5) is 11.4 Å². The molecule has 0 atom stereocenters. The second kappa shape index (κ2) is 8.89. The van der Waals surface area contributed by atoms with Crippen molar-refractivity contribution in [1.82, 2.24) is 5.43 Å². The van der Waals surface area contributed by atoms with Gasteiger partial charge in [-0.05, 0) is 41.3 Å². The van der Waals surface area contributed by atoms with Crippen molar-refractivity contribution >= 4 is 44.9 Å². The molecule has 1 heterocycles. The van der Waals surface area contributed by atoms with Crippen molar-refractivity contribution in [3.8, 4) is 0 Å². The fourth-order valence-corrected chi connectivity index (χ4v) is 4.54. The van der Waals surface area contributed by atoms with Gasteiger partial charge in [-0.25, -0.2) is 13.8 Å². The second-order valence-corrected chi connectivity index (χ2v) is 9.13. The minimum Gasteiger partial charge on any atom is -0.378 e. The Balaban J connectivity index is 1.71. The van der Waals surface area contributed by atoms with Gasteiger partial charge in [0.15, 0.2) is 0 Å². The van der Waals surface area contributed by atoms with Crippen LogP contribution in [0.5, 0.6) is 0 Å². The summed E-state index contributed by atoms with van der Waals surface area (Å²) in [4.78, 5) is 14.5. The van der Waals surface area contributed by atoms with Crippen LogP contribution in [0.1, 0.15) is 15.9 Å². The first-order valence-corrected chi connectivity index (χ1v) is 11.0. The minimum absolute atomic E-state index is 0.173. The van der Waals surface area contributed by atoms with E-state index < -0.39 is 15.9 Å². The first-order valence-electron chi connectivity index (χ1n) is 8.63. The molecular formula is C20H20N4O3S2. The van der Waals surface area contributed by atoms with Crippen LogP contribution in [0.25, 0.3) is 0 Å². The third-order valence-corrected chi connectivity index (χ3v) is 6.73. The standard InChI is InChI=1S/C20H20N4O3S2/c1-24(2)16-11-9-15(10-12-16)14-21-22-20(25)17-6-3-4-7-18(17)23-29(26,27)19-8-5-13-28-19/h3-14,23H,1-2H3,(H,22,25)/b21-14+. The third-order valence-electron chi connectivity index (χ3n) is 3.97. The van der Waals surface area contributed by atoms with Crippen molar-refractivity contribution in [3.05, 3.63) is 77.2 Å². The Hall–Kier alpha value is -3.17. The number of hydrazone groups is 1. The number of amides is 1. The van der Waals surface area contributed by atoms with Gasteiger partial charge in [-0.1, -0.05) is 30.3 Å². The summed E-state index contributed by atoms with van der Waals surface area (Å²) in [6.45, 7) is 0. The molecule has 0 unspecified atom stereocenters. The summed E-state index contributed by atoms with van der Waals surface area (Å²) in [5, 5.41) is 5.64. The average molecular weight is 429 g/mol. The molecule has 1 amide bonds. The van der Waals surface area contributed by atoms with E-state index in [1.165, 1.54) is 24.4 Å². The van der Waals surface area contributed by atoms with Gasteiger partial charge in [0.25, 0.3) is 15.9 Å². The van der Waals surface area contributed by atoms with E-state index in [2.05, 4.69) is 15.2 Å². The number of nitrogens with one attached hydrogen (secondary N) is 2. The van der Waals surface area contributed by atoms with E-state index in [1.807, 2.05) is 43.3 Å². The van der Waals surface area contributed by atoms with Gasteiger partial charge >= 0.3 is 0 Å². The molecule has 0 spiro atoms. The monoisotopic (exact) mass is 428 g/mol. The first kappa shape index (κ1) is 20.6. The highest BCUT2D eigenvalue weighted by molar-refractivity contribution is 7.94. The van der Waals surface area contributed by atoms with E-state index in [0.717, 1.165) is 22.6 Å². The Morgan fingerprint density at radius 3 is 2.41 bits per heavy atom. The van der Waals surface area contributed by atoms with Crippen LogP contribution < -0.4 is 15.0 Å². The van der Waals surface area contributed by atoms with Crippen LogP contribution in [-0.4, -0.2) is 34.6 Å². The molecule has 150 valence electrons. The number of hydrogen-bond acceptors (Lipinski definition) is 6. The summed E-state index contributed by atoms with van der Waals surface area (Å²) >= 11 is 1.10. The van der Waals surface area contributed by atoms with Crippen LogP contribution in [0, 0.1) is 0 Å². The van der Waals surface area contributed by atoms with Crippen LogP contribution >= 0.6 is 11.3 Å². The molecule has 29 heavy (non-hydrogen) atoms. The maximum Gasteiger partial charge on any atom is 0.273 e. The smallest absolute Gasteiger partial charge is 0.273 e. The zero-order valence-corrected chi connectivity index (χ0v) is 17.5. The Kier molecular flexibility index (Phi) is 6.30. The number of carbonyl (C=O) groups excluding carboxylic acids is 1. The Labute approximate surface area is 173 Å². The van der Waals surface area contributed by atoms with Crippen molar-refractivity contribution in [1.29, 1.82) is 0 Å². The van der Waals surface area contributed by atoms with Crippen molar-refractivity contribution in [2.45, 2.75) is 4.21 Å². The molecule has 9 heteroatoms. The number of anilines is 2. The highest BCUT2D eigenvalue weighted by atomic mass is 32.2. The molecule has 0 saturated heterocycles. The molecule has 0 fully saturated rings. The number of nitrogens with zero attached hydrogens (tertiary/aromatic N) is 2. The quantitative estimate of drug-likeness (QED) is 0.446. The summed E-state index contributed by atoms with van der Waals surface area (Å²) in [6, 6.07) is 17.2. The van der Waals surface area contributed by atoms with E-state index in [0.29, 0.717) is 0 Å². The van der Waals surface area contributed by atoms with E-state index in [-0.39, 0.29) is 15.5 Å². The van der Waals surface area contributed by atoms with Crippen LogP contribution in [0.15, 0.2) is 75.4 Å². The number of thiophene rings is 1. The summed E-state index contributed by atoms with van der Waals surface area (Å²) in [5.41, 5.74) is 4.67. The van der Waals surface area contributed by atoms with E-state index in [9.17, 15) is 13.2 Å². The highest BCUT2D eigenvalue weighted by Crippen LogP contribution is 2.22. The second-order valence-electron chi connectivity index (χ2n) is 6.27. The molecule has 0 saturated carbocycles. The molecule has 2 N–H and O–H groups in total. The lowest BCUT2D eigenvalue weighted by atomic mass is 10.2. The predicted octanol–water partition coefficient (Wildman–Crippen LogP) is 3.38. The molecule has 0 radical (unpaired) electrons. The third kappa shape index (κ3) is 5.21. The molecule has 0 bridgehead atoms. The van der Waals surface area contributed by atoms with E-state index in [4.69, 9.17) is 0 Å². The van der Waals surface area contributed by atoms with Gasteiger partial charge in [0.05, 0.1) is 17.5 Å². The predicted molar refractivity (Wildman–Crippen MR) is 117 cm³/mol. The zero-order chi connectivity index (χ0) is 20.9. The van der Waals surface area contributed by atoms with Crippen molar-refractivity contribution in [2.24, 2.45) is 5.10 Å². The topological polar surface area (TPSA) is 90.9 Å². The van der Waals surface area contributed by atoms with Gasteiger partial charge < -0.3 is 4.90 Å². The van der Waals surface area contributed by atoms with Gasteiger partial charge in [0, 0.05) is 19.8 Å². The lowest BCUT2D eigenvalue weighted by molar-refractivity contribution is 0.0956. The van der Waals surface area contributed by atoms with E-state index in [1.54, 1.807) is 23.6 Å². The zero-order valence-electron chi connectivity index (χ0n) is 15.9. The van der Waals surface area contributed by atoms with Crippen LogP contribution in [-0.2, 0) is 10.0 Å². The lowest BCUT2D eigenvalue weighted by Crippen LogP contribution is -2.21. The number of para-hydroxylation sites is 1. The highest BCUT2D eigenvalue weighted by Gasteiger charge is 2.19. The Bertz CT molecular complexity index is 1110. The summed E-state index contributed by atoms with van der Waals surface area (Å²) in [7, 11) is 0.149. The number of benzene rings is 2. The molecule has 2 aromatic carbocycles. The van der Waals surface area contributed by atoms with Crippen LogP contribution in [0.2, 0.25) is 0 Å². The SMILES string of the molecule is CN(C)c1ccc(/C=N/NC(=O)c2ccccc2NS(=O)(=O)c2cccs2)cc1. The summed E-state index contributed by atoms with van der Waals surface area (Å²) < 4.78 is 27.5. The molecular weight excluding hydrogens is 408 g/mol. The van der Waals surface area contributed by atoms with Crippen LogP contribution in [0.3, 0.4) is 0 Å². The van der Waals surface area contributed by atoms with Crippen molar-refractivity contribution in [3.63, 3.8) is 0 Å². The van der Waals surface area contributed by atoms with Gasteiger partial charge in [0.2, 0.25) is 0 Å². The number of sulfonamides is 1. The van der Waals surface area contributed by atoms with Gasteiger partial charge in [0.1, 0.15) is 4.21 Å². The Morgan fingerprint density at radius 2 is 1.76 bits per heavy atom. The maximum absolute atomic E-state index is 12.5. The van der Waals surface area contributed by atoms with Gasteiger partial charge in [-0.15, -0.1) is 11.3 Å². The largest absolute Gasteiger partial charge is 0.378 e. The molecule has 0 aliphatic heterocycles. The lowest BCUT2D eigenvalue weighted by Gasteiger charge is -2.11. The van der Waals surface area contributed by atoms with Crippen molar-refractivity contribution in [2.75, 3.05) is 23.7 Å². The number of carbonyl (C=O) groups is 1. The molecule has 7 nitrogen and oxygen atoms in total. The summed E-state index contributed by atoms with van der Waals surface area (Å²) in [6.07, 6.45) is 1.52. The molecule has 0 aliphatic rings. The Morgan fingerprint density at radius 1 is 1.03 bits per heavy atom. The fourth-order valence-electron chi connectivity index (χ4n) is 2.47. The average Bonchev–Trinajstić information content (AvgIpc) is 3.24. The van der Waals surface area contributed by atoms with Gasteiger partial charge in [-0.3, -0.25) is 9.52 Å². The number of rotatable bonds is 7. The minimum atomic E-state index is -3.75. The maximum atomic E-state index is 12.5. The molecule has 1 aromatic heterocycles.